The van der Waals surface area contributed by atoms with Crippen LogP contribution in [0.2, 0.25) is 0 Å². The second-order valence-corrected chi connectivity index (χ2v) is 5.39. The molecule has 2 aromatic rings. The fourth-order valence-electron chi connectivity index (χ4n) is 2.21. The van der Waals surface area contributed by atoms with E-state index in [-0.39, 0.29) is 30.5 Å². The summed E-state index contributed by atoms with van der Waals surface area (Å²) < 4.78 is 38.2. The van der Waals surface area contributed by atoms with Gasteiger partial charge in [0.05, 0.1) is 12.1 Å². The van der Waals surface area contributed by atoms with Crippen molar-refractivity contribution in [1.82, 2.24) is 15.6 Å². The highest BCUT2D eigenvalue weighted by Crippen LogP contribution is 2.29. The van der Waals surface area contributed by atoms with Gasteiger partial charge < -0.3 is 10.6 Å². The third kappa shape index (κ3) is 7.59. The van der Waals surface area contributed by atoms with E-state index in [1.807, 2.05) is 25.1 Å². The number of nitrogens with zero attached hydrogens (tertiary/aromatic N) is 2. The lowest BCUT2D eigenvalue weighted by atomic mass is 10.1. The van der Waals surface area contributed by atoms with Gasteiger partial charge in [-0.15, -0.1) is 24.0 Å². The van der Waals surface area contributed by atoms with Crippen molar-refractivity contribution in [2.24, 2.45) is 4.99 Å². The topological polar surface area (TPSA) is 49.3 Å². The lowest BCUT2D eigenvalue weighted by Gasteiger charge is -2.12. The lowest BCUT2D eigenvalue weighted by Crippen LogP contribution is -2.38. The predicted molar refractivity (Wildman–Crippen MR) is 108 cm³/mol. The van der Waals surface area contributed by atoms with Crippen molar-refractivity contribution in [3.05, 3.63) is 65.5 Å². The summed E-state index contributed by atoms with van der Waals surface area (Å²) in [7, 11) is 0. The summed E-state index contributed by atoms with van der Waals surface area (Å²) in [6, 6.07) is 10.9. The summed E-state index contributed by atoms with van der Waals surface area (Å²) in [5, 5.41) is 6.24. The monoisotopic (exact) mass is 478 g/mol. The second kappa shape index (κ2) is 11.0. The van der Waals surface area contributed by atoms with Crippen LogP contribution in [-0.4, -0.2) is 24.0 Å². The number of pyridine rings is 1. The van der Waals surface area contributed by atoms with Crippen LogP contribution in [0.25, 0.3) is 0 Å². The Morgan fingerprint density at radius 1 is 1.12 bits per heavy atom. The molecule has 0 saturated carbocycles. The molecular weight excluding hydrogens is 456 g/mol. The fraction of sp³-hybridized carbons (Fsp3) is 0.333. The van der Waals surface area contributed by atoms with E-state index in [0.717, 1.165) is 24.2 Å². The van der Waals surface area contributed by atoms with Gasteiger partial charge in [-0.25, -0.2) is 4.99 Å². The SMILES string of the molecule is CCNC(=NCc1cccc(C(F)(F)F)c1)NCCc1ccccn1.I. The average molecular weight is 478 g/mol. The molecule has 0 saturated heterocycles. The first-order chi connectivity index (χ1) is 12.0. The second-order valence-electron chi connectivity index (χ2n) is 5.39. The smallest absolute Gasteiger partial charge is 0.357 e. The summed E-state index contributed by atoms with van der Waals surface area (Å²) >= 11 is 0. The van der Waals surface area contributed by atoms with Crippen LogP contribution in [0.3, 0.4) is 0 Å². The van der Waals surface area contributed by atoms with Gasteiger partial charge in [0.1, 0.15) is 0 Å². The number of aliphatic imine (C=N–C) groups is 1. The molecule has 0 atom stereocenters. The molecule has 1 heterocycles. The quantitative estimate of drug-likeness (QED) is 0.375. The Labute approximate surface area is 168 Å². The van der Waals surface area contributed by atoms with Crippen molar-refractivity contribution in [3.8, 4) is 0 Å². The van der Waals surface area contributed by atoms with Gasteiger partial charge in [0, 0.05) is 31.4 Å². The number of rotatable bonds is 6. The molecule has 4 nitrogen and oxygen atoms in total. The van der Waals surface area contributed by atoms with E-state index in [1.165, 1.54) is 6.07 Å². The standard InChI is InChI=1S/C18H21F3N4.HI/c1-2-22-17(24-11-9-16-8-3-4-10-23-16)25-13-14-6-5-7-15(12-14)18(19,20)21;/h3-8,10,12H,2,9,11,13H2,1H3,(H2,22,24,25);1H. The Kier molecular flexibility index (Phi) is 9.39. The van der Waals surface area contributed by atoms with Gasteiger partial charge in [-0.1, -0.05) is 18.2 Å². The molecule has 26 heavy (non-hydrogen) atoms. The number of hydrogen-bond acceptors (Lipinski definition) is 2. The Balaban J connectivity index is 0.00000338. The first kappa shape index (κ1) is 22.2. The van der Waals surface area contributed by atoms with Gasteiger partial charge in [0.25, 0.3) is 0 Å². The Hall–Kier alpha value is -1.84. The van der Waals surface area contributed by atoms with Gasteiger partial charge in [0.2, 0.25) is 0 Å². The van der Waals surface area contributed by atoms with Crippen LogP contribution in [0.15, 0.2) is 53.7 Å². The number of nitrogens with one attached hydrogen (secondary N) is 2. The number of alkyl halides is 3. The van der Waals surface area contributed by atoms with Crippen molar-refractivity contribution >= 4 is 29.9 Å². The molecule has 1 aromatic carbocycles. The maximum Gasteiger partial charge on any atom is 0.416 e. The molecule has 0 aliphatic heterocycles. The largest absolute Gasteiger partial charge is 0.416 e. The molecule has 0 bridgehead atoms. The number of benzene rings is 1. The van der Waals surface area contributed by atoms with Crippen molar-refractivity contribution in [1.29, 1.82) is 0 Å². The number of aromatic nitrogens is 1. The van der Waals surface area contributed by atoms with E-state index in [1.54, 1.807) is 12.3 Å². The van der Waals surface area contributed by atoms with Gasteiger partial charge in [-0.05, 0) is 36.8 Å². The summed E-state index contributed by atoms with van der Waals surface area (Å²) in [5.74, 6) is 0.566. The molecule has 2 rings (SSSR count). The average Bonchev–Trinajstić information content (AvgIpc) is 2.60. The van der Waals surface area contributed by atoms with Crippen molar-refractivity contribution in [3.63, 3.8) is 0 Å². The van der Waals surface area contributed by atoms with E-state index in [0.29, 0.717) is 24.6 Å². The normalized spacial score (nSPS) is 11.6. The van der Waals surface area contributed by atoms with E-state index < -0.39 is 11.7 Å². The highest BCUT2D eigenvalue weighted by atomic mass is 127. The van der Waals surface area contributed by atoms with Crippen LogP contribution < -0.4 is 10.6 Å². The van der Waals surface area contributed by atoms with E-state index in [9.17, 15) is 13.2 Å². The van der Waals surface area contributed by atoms with Gasteiger partial charge in [0.15, 0.2) is 5.96 Å². The Bertz CT molecular complexity index is 690. The van der Waals surface area contributed by atoms with Crippen LogP contribution in [0.1, 0.15) is 23.7 Å². The molecule has 8 heteroatoms. The van der Waals surface area contributed by atoms with Crippen LogP contribution >= 0.6 is 24.0 Å². The highest BCUT2D eigenvalue weighted by Gasteiger charge is 2.30. The molecule has 0 spiro atoms. The van der Waals surface area contributed by atoms with Gasteiger partial charge in [-0.2, -0.15) is 13.2 Å². The third-order valence-electron chi connectivity index (χ3n) is 3.42. The maximum atomic E-state index is 12.7. The van der Waals surface area contributed by atoms with E-state index >= 15 is 0 Å². The summed E-state index contributed by atoms with van der Waals surface area (Å²) in [6.07, 6.45) is -1.87. The minimum atomic E-state index is -4.34. The molecule has 0 radical (unpaired) electrons. The van der Waals surface area contributed by atoms with Gasteiger partial charge in [-0.3, -0.25) is 4.98 Å². The summed E-state index contributed by atoms with van der Waals surface area (Å²) in [5.41, 5.74) is 0.814. The van der Waals surface area contributed by atoms with E-state index in [4.69, 9.17) is 0 Å². The first-order valence-electron chi connectivity index (χ1n) is 8.07. The fourth-order valence-corrected chi connectivity index (χ4v) is 2.21. The molecule has 2 N–H and O–H groups in total. The lowest BCUT2D eigenvalue weighted by molar-refractivity contribution is -0.137. The summed E-state index contributed by atoms with van der Waals surface area (Å²) in [4.78, 5) is 8.59. The van der Waals surface area contributed by atoms with Crippen molar-refractivity contribution < 1.29 is 13.2 Å². The zero-order valence-corrected chi connectivity index (χ0v) is 16.7. The molecule has 1 aromatic heterocycles. The minimum absolute atomic E-state index is 0. The van der Waals surface area contributed by atoms with Crippen LogP contribution in [0.4, 0.5) is 13.2 Å². The zero-order chi connectivity index (χ0) is 18.1. The minimum Gasteiger partial charge on any atom is -0.357 e. The zero-order valence-electron chi connectivity index (χ0n) is 14.4. The van der Waals surface area contributed by atoms with Crippen LogP contribution in [0.5, 0.6) is 0 Å². The van der Waals surface area contributed by atoms with E-state index in [2.05, 4.69) is 20.6 Å². The number of halogens is 4. The number of hydrogen-bond donors (Lipinski definition) is 2. The molecule has 0 unspecified atom stereocenters. The summed E-state index contributed by atoms with van der Waals surface area (Å²) in [6.45, 7) is 3.40. The molecule has 142 valence electrons. The Morgan fingerprint density at radius 3 is 2.58 bits per heavy atom. The van der Waals surface area contributed by atoms with Crippen molar-refractivity contribution in [2.75, 3.05) is 13.1 Å². The molecule has 0 amide bonds. The van der Waals surface area contributed by atoms with Crippen LogP contribution in [-0.2, 0) is 19.1 Å². The maximum absolute atomic E-state index is 12.7. The predicted octanol–water partition coefficient (Wildman–Crippen LogP) is 4.02. The van der Waals surface area contributed by atoms with Crippen LogP contribution in [0, 0.1) is 0 Å². The number of guanidine groups is 1. The van der Waals surface area contributed by atoms with Crippen molar-refractivity contribution in [2.45, 2.75) is 26.1 Å². The highest BCUT2D eigenvalue weighted by molar-refractivity contribution is 14.0. The molecule has 0 aliphatic rings. The third-order valence-corrected chi connectivity index (χ3v) is 3.42. The molecular formula is C18H22F3IN4. The van der Waals surface area contributed by atoms with Gasteiger partial charge >= 0.3 is 6.18 Å². The Morgan fingerprint density at radius 2 is 1.92 bits per heavy atom. The molecule has 0 aliphatic carbocycles. The molecule has 0 fully saturated rings. The first-order valence-corrected chi connectivity index (χ1v) is 8.07.